The lowest BCUT2D eigenvalue weighted by Crippen LogP contribution is -2.26. The Labute approximate surface area is 179 Å². The van der Waals surface area contributed by atoms with Crippen LogP contribution in [0.15, 0.2) is 53.4 Å². The zero-order chi connectivity index (χ0) is 20.8. The minimum atomic E-state index is -0.234. The summed E-state index contributed by atoms with van der Waals surface area (Å²) < 4.78 is 14.7. The number of nitrogens with one attached hydrogen (secondary N) is 1. The molecule has 0 saturated heterocycles. The molecular weight excluding hydrogens is 409 g/mol. The molecule has 29 heavy (non-hydrogen) atoms. The molecule has 0 bridgehead atoms. The molecule has 0 radical (unpaired) electrons. The molecule has 0 spiro atoms. The molecule has 1 amide bonds. The van der Waals surface area contributed by atoms with Gasteiger partial charge in [0.15, 0.2) is 0 Å². The van der Waals surface area contributed by atoms with E-state index < -0.39 is 0 Å². The van der Waals surface area contributed by atoms with Crippen LogP contribution in [0.4, 0.5) is 4.39 Å². The Kier molecular flexibility index (Phi) is 7.34. The maximum Gasteiger partial charge on any atom is 0.255 e. The second kappa shape index (κ2) is 9.94. The van der Waals surface area contributed by atoms with Gasteiger partial charge >= 0.3 is 0 Å². The predicted octanol–water partition coefficient (Wildman–Crippen LogP) is 5.25. The smallest absolute Gasteiger partial charge is 0.255 e. The first-order chi connectivity index (χ1) is 14.0. The van der Waals surface area contributed by atoms with Gasteiger partial charge in [0, 0.05) is 22.2 Å². The molecule has 2 aromatic carbocycles. The SMILES string of the molecule is Cc1nn(Cc2ccccc2Cl)c(C)c1C(=O)NCCCSc1ccc(F)cc1. The molecule has 0 fully saturated rings. The number of carbonyl (C=O) groups excluding carboxylic acids is 1. The van der Waals surface area contributed by atoms with Crippen LogP contribution in [0.25, 0.3) is 0 Å². The van der Waals surface area contributed by atoms with Crippen LogP contribution in [0.2, 0.25) is 5.02 Å². The lowest BCUT2D eigenvalue weighted by molar-refractivity contribution is 0.0952. The number of amides is 1. The van der Waals surface area contributed by atoms with E-state index in [4.69, 9.17) is 11.6 Å². The van der Waals surface area contributed by atoms with Gasteiger partial charge in [-0.15, -0.1) is 11.8 Å². The van der Waals surface area contributed by atoms with Crippen LogP contribution >= 0.6 is 23.4 Å². The highest BCUT2D eigenvalue weighted by Gasteiger charge is 2.18. The van der Waals surface area contributed by atoms with Gasteiger partial charge in [-0.25, -0.2) is 4.39 Å². The Balaban J connectivity index is 1.53. The quantitative estimate of drug-likeness (QED) is 0.391. The largest absolute Gasteiger partial charge is 0.352 e. The standard InChI is InChI=1S/C22H23ClFN3OS/c1-15-21(16(2)27(26-15)14-17-6-3-4-7-20(17)23)22(28)25-12-5-13-29-19-10-8-18(24)9-11-19/h3-4,6-11H,5,12-14H2,1-2H3,(H,25,28). The summed E-state index contributed by atoms with van der Waals surface area (Å²) in [5.74, 6) is 0.495. The number of aromatic nitrogens is 2. The van der Waals surface area contributed by atoms with E-state index in [-0.39, 0.29) is 11.7 Å². The van der Waals surface area contributed by atoms with Crippen LogP contribution in [0, 0.1) is 19.7 Å². The summed E-state index contributed by atoms with van der Waals surface area (Å²) in [6, 6.07) is 14.1. The lowest BCUT2D eigenvalue weighted by atomic mass is 10.1. The van der Waals surface area contributed by atoms with Gasteiger partial charge < -0.3 is 5.32 Å². The molecule has 3 aromatic rings. The van der Waals surface area contributed by atoms with Gasteiger partial charge in [-0.2, -0.15) is 5.10 Å². The minimum Gasteiger partial charge on any atom is -0.352 e. The maximum atomic E-state index is 12.9. The average Bonchev–Trinajstić information content (AvgIpc) is 2.98. The fourth-order valence-corrected chi connectivity index (χ4v) is 4.10. The van der Waals surface area contributed by atoms with Crippen molar-refractivity contribution in [3.63, 3.8) is 0 Å². The topological polar surface area (TPSA) is 46.9 Å². The zero-order valence-corrected chi connectivity index (χ0v) is 18.0. The summed E-state index contributed by atoms with van der Waals surface area (Å²) in [6.45, 7) is 4.83. The van der Waals surface area contributed by atoms with Crippen molar-refractivity contribution in [3.05, 3.63) is 81.9 Å². The van der Waals surface area contributed by atoms with Crippen molar-refractivity contribution in [1.29, 1.82) is 0 Å². The summed E-state index contributed by atoms with van der Waals surface area (Å²) in [6.07, 6.45) is 0.819. The molecule has 0 aliphatic heterocycles. The molecule has 0 atom stereocenters. The number of aryl methyl sites for hydroxylation is 1. The Morgan fingerprint density at radius 2 is 1.90 bits per heavy atom. The summed E-state index contributed by atoms with van der Waals surface area (Å²) >= 11 is 7.89. The first-order valence-electron chi connectivity index (χ1n) is 9.39. The van der Waals surface area contributed by atoms with Gasteiger partial charge in [0.25, 0.3) is 5.91 Å². The molecule has 152 valence electrons. The van der Waals surface area contributed by atoms with Crippen LogP contribution in [0.3, 0.4) is 0 Å². The Morgan fingerprint density at radius 3 is 2.62 bits per heavy atom. The van der Waals surface area contributed by atoms with E-state index in [1.165, 1.54) is 12.1 Å². The van der Waals surface area contributed by atoms with E-state index in [1.807, 2.05) is 42.8 Å². The summed E-state index contributed by atoms with van der Waals surface area (Å²) in [5, 5.41) is 8.18. The van der Waals surface area contributed by atoms with Crippen LogP contribution < -0.4 is 5.32 Å². The molecule has 3 rings (SSSR count). The van der Waals surface area contributed by atoms with Gasteiger partial charge in [-0.3, -0.25) is 9.48 Å². The van der Waals surface area contributed by atoms with Crippen molar-refractivity contribution >= 4 is 29.3 Å². The normalized spacial score (nSPS) is 10.9. The van der Waals surface area contributed by atoms with E-state index in [0.717, 1.165) is 28.3 Å². The number of halogens is 2. The second-order valence-electron chi connectivity index (χ2n) is 6.71. The Bertz CT molecular complexity index is 988. The molecule has 1 aromatic heterocycles. The number of hydrogen-bond donors (Lipinski definition) is 1. The number of carbonyl (C=O) groups is 1. The van der Waals surface area contributed by atoms with Crippen LogP contribution in [-0.4, -0.2) is 28.0 Å². The number of benzene rings is 2. The third-order valence-corrected chi connectivity index (χ3v) is 6.04. The van der Waals surface area contributed by atoms with Crippen LogP contribution in [-0.2, 0) is 6.54 Å². The summed E-state index contributed by atoms with van der Waals surface area (Å²) in [4.78, 5) is 13.7. The van der Waals surface area contributed by atoms with Crippen LogP contribution in [0.1, 0.15) is 33.7 Å². The van der Waals surface area contributed by atoms with Crippen molar-refractivity contribution in [2.75, 3.05) is 12.3 Å². The van der Waals surface area contributed by atoms with Crippen LogP contribution in [0.5, 0.6) is 0 Å². The van der Waals surface area contributed by atoms with Crippen molar-refractivity contribution in [3.8, 4) is 0 Å². The number of thioether (sulfide) groups is 1. The van der Waals surface area contributed by atoms with E-state index in [9.17, 15) is 9.18 Å². The van der Waals surface area contributed by atoms with E-state index in [2.05, 4.69) is 10.4 Å². The number of nitrogens with zero attached hydrogens (tertiary/aromatic N) is 2. The lowest BCUT2D eigenvalue weighted by Gasteiger charge is -2.08. The summed E-state index contributed by atoms with van der Waals surface area (Å²) in [7, 11) is 0. The Morgan fingerprint density at radius 1 is 1.17 bits per heavy atom. The molecule has 7 heteroatoms. The minimum absolute atomic E-state index is 0.114. The monoisotopic (exact) mass is 431 g/mol. The van der Waals surface area contributed by atoms with Crippen molar-refractivity contribution in [2.24, 2.45) is 0 Å². The van der Waals surface area contributed by atoms with Crippen molar-refractivity contribution in [1.82, 2.24) is 15.1 Å². The first-order valence-corrected chi connectivity index (χ1v) is 10.8. The molecule has 0 saturated carbocycles. The van der Waals surface area contributed by atoms with Gasteiger partial charge in [0.1, 0.15) is 5.82 Å². The molecule has 1 heterocycles. The third-order valence-electron chi connectivity index (χ3n) is 4.58. The van der Waals surface area contributed by atoms with Crippen molar-refractivity contribution < 1.29 is 9.18 Å². The highest BCUT2D eigenvalue weighted by atomic mass is 35.5. The first kappa shape index (κ1) is 21.4. The van der Waals surface area contributed by atoms with E-state index >= 15 is 0 Å². The van der Waals surface area contributed by atoms with Gasteiger partial charge in [0.2, 0.25) is 0 Å². The summed E-state index contributed by atoms with van der Waals surface area (Å²) in [5.41, 5.74) is 3.10. The van der Waals surface area contributed by atoms with E-state index in [1.54, 1.807) is 23.9 Å². The third kappa shape index (κ3) is 5.61. The average molecular weight is 432 g/mol. The molecule has 0 unspecified atom stereocenters. The molecule has 0 aliphatic rings. The molecule has 4 nitrogen and oxygen atoms in total. The molecular formula is C22H23ClFN3OS. The van der Waals surface area contributed by atoms with Crippen molar-refractivity contribution in [2.45, 2.75) is 31.7 Å². The highest BCUT2D eigenvalue weighted by molar-refractivity contribution is 7.99. The van der Waals surface area contributed by atoms with Gasteiger partial charge in [-0.1, -0.05) is 29.8 Å². The molecule has 1 N–H and O–H groups in total. The predicted molar refractivity (Wildman–Crippen MR) is 116 cm³/mol. The fraction of sp³-hybridized carbons (Fsp3) is 0.273. The fourth-order valence-electron chi connectivity index (χ4n) is 3.05. The second-order valence-corrected chi connectivity index (χ2v) is 8.28. The van der Waals surface area contributed by atoms with Gasteiger partial charge in [0.05, 0.1) is 17.8 Å². The number of hydrogen-bond acceptors (Lipinski definition) is 3. The van der Waals surface area contributed by atoms with E-state index in [0.29, 0.717) is 29.4 Å². The van der Waals surface area contributed by atoms with Gasteiger partial charge in [-0.05, 0) is 61.9 Å². The number of rotatable bonds is 8. The molecule has 0 aliphatic carbocycles. The maximum absolute atomic E-state index is 12.9. The highest BCUT2D eigenvalue weighted by Crippen LogP contribution is 2.20. The Hall–Kier alpha value is -2.31. The zero-order valence-electron chi connectivity index (χ0n) is 16.4.